The molecule has 1 amide bonds. The number of aryl methyl sites for hydroxylation is 1. The van der Waals surface area contributed by atoms with Crippen LogP contribution in [-0.2, 0) is 33.2 Å². The average molecular weight is 449 g/mol. The van der Waals surface area contributed by atoms with Crippen molar-refractivity contribution in [1.29, 1.82) is 0 Å². The lowest BCUT2D eigenvalue weighted by molar-refractivity contribution is -0.123. The van der Waals surface area contributed by atoms with E-state index in [9.17, 15) is 13.2 Å². The van der Waals surface area contributed by atoms with Crippen molar-refractivity contribution in [3.8, 4) is 0 Å². The summed E-state index contributed by atoms with van der Waals surface area (Å²) < 4.78 is 28.1. The van der Waals surface area contributed by atoms with Crippen LogP contribution < -0.4 is 10.0 Å². The molecule has 0 radical (unpaired) electrons. The summed E-state index contributed by atoms with van der Waals surface area (Å²) in [5.41, 5.74) is 3.06. The third kappa shape index (κ3) is 4.86. The summed E-state index contributed by atoms with van der Waals surface area (Å²) in [4.78, 5) is 13.1. The van der Waals surface area contributed by atoms with Crippen LogP contribution >= 0.6 is 0 Å². The first kappa shape index (κ1) is 22.1. The van der Waals surface area contributed by atoms with E-state index in [1.165, 1.54) is 0 Å². The number of nitrogens with one attached hydrogen (secondary N) is 2. The molecule has 5 nitrogen and oxygen atoms in total. The van der Waals surface area contributed by atoms with Gasteiger partial charge in [-0.3, -0.25) is 9.52 Å². The molecule has 2 N–H and O–H groups in total. The average Bonchev–Trinajstić information content (AvgIpc) is 3.61. The van der Waals surface area contributed by atoms with Crippen LogP contribution in [0, 0.1) is 0 Å². The molecule has 1 fully saturated rings. The second-order valence-corrected chi connectivity index (χ2v) is 10.0. The zero-order valence-corrected chi connectivity index (χ0v) is 19.0. The molecule has 0 unspecified atom stereocenters. The zero-order valence-electron chi connectivity index (χ0n) is 18.2. The third-order valence-corrected chi connectivity index (χ3v) is 7.34. The highest BCUT2D eigenvalue weighted by molar-refractivity contribution is 7.92. The Labute approximate surface area is 189 Å². The number of carbonyl (C=O) groups excluding carboxylic acids is 1. The Morgan fingerprint density at radius 2 is 1.53 bits per heavy atom. The lowest BCUT2D eigenvalue weighted by Crippen LogP contribution is -2.34. The number of sulfonamides is 1. The lowest BCUT2D eigenvalue weighted by Gasteiger charge is -2.17. The van der Waals surface area contributed by atoms with E-state index in [4.69, 9.17) is 0 Å². The smallest absolute Gasteiger partial charge is 0.261 e. The molecule has 3 aromatic rings. The van der Waals surface area contributed by atoms with Gasteiger partial charge in [-0.05, 0) is 60.2 Å². The fourth-order valence-corrected chi connectivity index (χ4v) is 4.97. The number of benzene rings is 3. The molecule has 1 aliphatic carbocycles. The Bertz CT molecular complexity index is 1170. The summed E-state index contributed by atoms with van der Waals surface area (Å²) in [6.07, 6.45) is 3.53. The van der Waals surface area contributed by atoms with Crippen molar-refractivity contribution in [2.45, 2.75) is 49.5 Å². The van der Waals surface area contributed by atoms with Crippen molar-refractivity contribution in [2.24, 2.45) is 0 Å². The third-order valence-electron chi connectivity index (χ3n) is 5.94. The van der Waals surface area contributed by atoms with Crippen LogP contribution in [0.1, 0.15) is 42.9 Å². The number of hydrogen-bond donors (Lipinski definition) is 2. The molecule has 32 heavy (non-hydrogen) atoms. The first-order valence-corrected chi connectivity index (χ1v) is 12.5. The molecule has 1 saturated carbocycles. The van der Waals surface area contributed by atoms with Crippen LogP contribution in [0.5, 0.6) is 0 Å². The number of carbonyl (C=O) groups is 1. The largest absolute Gasteiger partial charge is 0.351 e. The number of rotatable bonds is 9. The Kier molecular flexibility index (Phi) is 6.33. The van der Waals surface area contributed by atoms with E-state index in [1.54, 1.807) is 24.3 Å². The van der Waals surface area contributed by atoms with E-state index in [0.717, 1.165) is 42.4 Å². The number of anilines is 1. The molecule has 1 aliphatic rings. The maximum atomic E-state index is 12.9. The summed E-state index contributed by atoms with van der Waals surface area (Å²) in [5.74, 6) is 0.0156. The van der Waals surface area contributed by atoms with Gasteiger partial charge in [-0.2, -0.15) is 0 Å². The minimum atomic E-state index is -3.66. The van der Waals surface area contributed by atoms with E-state index < -0.39 is 15.4 Å². The fraction of sp³-hybridized carbons (Fsp3) is 0.269. The topological polar surface area (TPSA) is 75.3 Å². The van der Waals surface area contributed by atoms with Gasteiger partial charge < -0.3 is 5.32 Å². The molecule has 0 saturated heterocycles. The molecule has 0 bridgehead atoms. The van der Waals surface area contributed by atoms with Gasteiger partial charge in [0.05, 0.1) is 10.3 Å². The predicted octanol–water partition coefficient (Wildman–Crippen LogP) is 4.79. The monoisotopic (exact) mass is 448 g/mol. The van der Waals surface area contributed by atoms with Gasteiger partial charge in [0, 0.05) is 12.2 Å². The van der Waals surface area contributed by atoms with Crippen molar-refractivity contribution in [1.82, 2.24) is 5.32 Å². The Balaban J connectivity index is 1.41. The Morgan fingerprint density at radius 1 is 0.875 bits per heavy atom. The van der Waals surface area contributed by atoms with Crippen LogP contribution in [0.25, 0.3) is 0 Å². The number of amides is 1. The minimum Gasteiger partial charge on any atom is -0.351 e. The van der Waals surface area contributed by atoms with Gasteiger partial charge in [-0.15, -0.1) is 0 Å². The molecule has 0 spiro atoms. The van der Waals surface area contributed by atoms with Crippen molar-refractivity contribution >= 4 is 21.6 Å². The maximum Gasteiger partial charge on any atom is 0.261 e. The second-order valence-electron chi connectivity index (χ2n) is 8.33. The molecular formula is C26H28N2O3S. The first-order valence-electron chi connectivity index (χ1n) is 11.0. The SMILES string of the molecule is CCCc1ccc(S(=O)(=O)Nc2ccc(C3(C(=O)NCc4ccccc4)CC3)cc2)cc1. The van der Waals surface area contributed by atoms with Crippen LogP contribution in [-0.4, -0.2) is 14.3 Å². The minimum absolute atomic E-state index is 0.0156. The van der Waals surface area contributed by atoms with E-state index in [-0.39, 0.29) is 10.8 Å². The van der Waals surface area contributed by atoms with Gasteiger partial charge in [0.2, 0.25) is 5.91 Å². The molecule has 0 heterocycles. The predicted molar refractivity (Wildman–Crippen MR) is 127 cm³/mol. The van der Waals surface area contributed by atoms with Crippen LogP contribution in [0.2, 0.25) is 0 Å². The molecule has 6 heteroatoms. The molecule has 0 aromatic heterocycles. The molecular weight excluding hydrogens is 420 g/mol. The van der Waals surface area contributed by atoms with Gasteiger partial charge in [-0.1, -0.05) is 67.9 Å². The summed E-state index contributed by atoms with van der Waals surface area (Å²) in [5, 5.41) is 3.04. The molecule has 0 aliphatic heterocycles. The van der Waals surface area contributed by atoms with Crippen molar-refractivity contribution in [2.75, 3.05) is 4.72 Å². The fourth-order valence-electron chi connectivity index (χ4n) is 3.91. The highest BCUT2D eigenvalue weighted by atomic mass is 32.2. The van der Waals surface area contributed by atoms with E-state index in [1.807, 2.05) is 54.6 Å². The number of hydrogen-bond acceptors (Lipinski definition) is 3. The summed E-state index contributed by atoms with van der Waals surface area (Å²) in [6.45, 7) is 2.59. The van der Waals surface area contributed by atoms with Crippen molar-refractivity contribution in [3.63, 3.8) is 0 Å². The van der Waals surface area contributed by atoms with Gasteiger partial charge >= 0.3 is 0 Å². The summed E-state index contributed by atoms with van der Waals surface area (Å²) in [7, 11) is -3.66. The van der Waals surface area contributed by atoms with Crippen LogP contribution in [0.15, 0.2) is 83.8 Å². The Hall–Kier alpha value is -3.12. The van der Waals surface area contributed by atoms with Gasteiger partial charge in [0.15, 0.2) is 0 Å². The van der Waals surface area contributed by atoms with Crippen LogP contribution in [0.3, 0.4) is 0 Å². The van der Waals surface area contributed by atoms with Crippen molar-refractivity contribution < 1.29 is 13.2 Å². The molecule has 3 aromatic carbocycles. The lowest BCUT2D eigenvalue weighted by atomic mass is 9.94. The Morgan fingerprint density at radius 3 is 2.12 bits per heavy atom. The van der Waals surface area contributed by atoms with Gasteiger partial charge in [-0.25, -0.2) is 8.42 Å². The normalized spacial score (nSPS) is 14.5. The van der Waals surface area contributed by atoms with Crippen LogP contribution in [0.4, 0.5) is 5.69 Å². The highest BCUT2D eigenvalue weighted by Crippen LogP contribution is 2.48. The summed E-state index contributed by atoms with van der Waals surface area (Å²) in [6, 6.07) is 23.9. The quantitative estimate of drug-likeness (QED) is 0.494. The van der Waals surface area contributed by atoms with E-state index in [0.29, 0.717) is 12.2 Å². The van der Waals surface area contributed by atoms with E-state index in [2.05, 4.69) is 17.0 Å². The molecule has 4 rings (SSSR count). The summed E-state index contributed by atoms with van der Waals surface area (Å²) >= 11 is 0. The highest BCUT2D eigenvalue weighted by Gasteiger charge is 2.51. The van der Waals surface area contributed by atoms with Crippen molar-refractivity contribution in [3.05, 3.63) is 95.6 Å². The molecule has 0 atom stereocenters. The first-order chi connectivity index (χ1) is 15.4. The molecule has 166 valence electrons. The second kappa shape index (κ2) is 9.17. The van der Waals surface area contributed by atoms with Gasteiger partial charge in [0.25, 0.3) is 10.0 Å². The zero-order chi connectivity index (χ0) is 22.6. The van der Waals surface area contributed by atoms with E-state index >= 15 is 0 Å². The standard InChI is InChI=1S/C26H28N2O3S/c1-2-6-20-9-15-24(16-10-20)32(30,31)28-23-13-11-22(12-14-23)26(17-18-26)25(29)27-19-21-7-4-3-5-8-21/h3-5,7-16,28H,2,6,17-19H2,1H3,(H,27,29). The maximum absolute atomic E-state index is 12.9. The van der Waals surface area contributed by atoms with Gasteiger partial charge in [0.1, 0.15) is 0 Å².